The maximum absolute atomic E-state index is 12.3. The van der Waals surface area contributed by atoms with Gasteiger partial charge in [-0.1, -0.05) is 32.9 Å². The smallest absolute Gasteiger partial charge is 0.141 e. The van der Waals surface area contributed by atoms with E-state index in [1.807, 2.05) is 0 Å². The van der Waals surface area contributed by atoms with Crippen LogP contribution in [-0.4, -0.2) is 46.8 Å². The zero-order valence-electron chi connectivity index (χ0n) is 19.8. The summed E-state index contributed by atoms with van der Waals surface area (Å²) in [7, 11) is 0. The van der Waals surface area contributed by atoms with Crippen molar-refractivity contribution in [2.24, 2.45) is 39.2 Å². The lowest BCUT2D eigenvalue weighted by atomic mass is 9.39. The van der Waals surface area contributed by atoms with E-state index >= 15 is 0 Å². The molecule has 6 heteroatoms. The average Bonchev–Trinajstić information content (AvgIpc) is 3.32. The highest BCUT2D eigenvalue weighted by Gasteiger charge is 2.69. The number of aliphatic hydroxyl groups excluding tert-OH is 1. The number of halogens is 1. The fourth-order valence-corrected chi connectivity index (χ4v) is 8.79. The van der Waals surface area contributed by atoms with Gasteiger partial charge in [-0.3, -0.25) is 0 Å². The lowest BCUT2D eigenvalue weighted by Crippen LogP contribution is -2.69. The molecule has 5 fully saturated rings. The first-order chi connectivity index (χ1) is 14.1. The highest BCUT2D eigenvalue weighted by Crippen LogP contribution is 2.69. The van der Waals surface area contributed by atoms with Crippen molar-refractivity contribution < 1.29 is 15.1 Å². The van der Waals surface area contributed by atoms with Gasteiger partial charge in [0.25, 0.3) is 0 Å². The molecular formula is C25H43ClN2O3. The molecule has 3 N–H and O–H groups in total. The predicted octanol–water partition coefficient (Wildman–Crippen LogP) is 4.30. The van der Waals surface area contributed by atoms with Crippen LogP contribution in [-0.2, 0) is 4.84 Å². The number of hydrogen-bond donors (Lipinski definition) is 3. The Morgan fingerprint density at radius 2 is 1.74 bits per heavy atom. The standard InChI is InChI=1S/C25H42N2O3.ClH/c1-22(2)20(27-30-16-10-14-26-15-16)9-12-24(4)19-8-11-23(3)18(5-6-21(23)28)17(19)7-13-25(22,24)29;/h16-19,21,26,28-29H,5-15H2,1-4H3;1H/b27-20-;/t16-,17+,18+,19+,21+,23+,24-,25-;/m1./s1. The highest BCUT2D eigenvalue weighted by atomic mass is 35.5. The zero-order chi connectivity index (χ0) is 21.4. The number of nitrogens with one attached hydrogen (secondary N) is 1. The van der Waals surface area contributed by atoms with E-state index in [-0.39, 0.29) is 40.9 Å². The summed E-state index contributed by atoms with van der Waals surface area (Å²) in [4.78, 5) is 5.91. The molecule has 1 saturated heterocycles. The first-order valence-electron chi connectivity index (χ1n) is 12.5. The second-order valence-electron chi connectivity index (χ2n) is 12.2. The van der Waals surface area contributed by atoms with E-state index < -0.39 is 5.60 Å². The van der Waals surface area contributed by atoms with Crippen LogP contribution < -0.4 is 5.32 Å². The summed E-state index contributed by atoms with van der Waals surface area (Å²) in [5, 5.41) is 31.0. The van der Waals surface area contributed by atoms with Gasteiger partial charge >= 0.3 is 0 Å². The number of fused-ring (bicyclic) bond motifs is 5. The number of nitrogens with zero attached hydrogens (tertiary/aromatic N) is 1. The molecule has 5 nitrogen and oxygen atoms in total. The zero-order valence-corrected chi connectivity index (χ0v) is 20.6. The Bertz CT molecular complexity index is 724. The van der Waals surface area contributed by atoms with Crippen molar-refractivity contribution in [1.82, 2.24) is 5.32 Å². The van der Waals surface area contributed by atoms with Crippen LogP contribution in [0.5, 0.6) is 0 Å². The number of hydrogen-bond acceptors (Lipinski definition) is 5. The molecule has 0 radical (unpaired) electrons. The summed E-state index contributed by atoms with van der Waals surface area (Å²) in [6.45, 7) is 11.0. The van der Waals surface area contributed by atoms with Gasteiger partial charge in [-0.05, 0) is 81.1 Å². The van der Waals surface area contributed by atoms with Crippen LogP contribution in [0.3, 0.4) is 0 Å². The highest BCUT2D eigenvalue weighted by molar-refractivity contribution is 5.91. The summed E-state index contributed by atoms with van der Waals surface area (Å²) >= 11 is 0. The second-order valence-corrected chi connectivity index (χ2v) is 12.2. The number of oxime groups is 1. The molecule has 0 spiro atoms. The Morgan fingerprint density at radius 3 is 2.45 bits per heavy atom. The number of rotatable bonds is 2. The van der Waals surface area contributed by atoms with Gasteiger partial charge < -0.3 is 20.4 Å². The fourth-order valence-electron chi connectivity index (χ4n) is 8.79. The van der Waals surface area contributed by atoms with Gasteiger partial charge in [-0.25, -0.2) is 0 Å². The van der Waals surface area contributed by atoms with E-state index in [9.17, 15) is 10.2 Å². The minimum Gasteiger partial charge on any atom is -0.393 e. The summed E-state index contributed by atoms with van der Waals surface area (Å²) in [5.41, 5.74) is -0.0902. The van der Waals surface area contributed by atoms with Gasteiger partial charge in [0, 0.05) is 23.8 Å². The van der Waals surface area contributed by atoms with Gasteiger partial charge in [0.1, 0.15) is 6.10 Å². The lowest BCUT2D eigenvalue weighted by Gasteiger charge is -2.67. The molecule has 31 heavy (non-hydrogen) atoms. The van der Waals surface area contributed by atoms with E-state index in [0.717, 1.165) is 76.6 Å². The Balaban J connectivity index is 0.00000231. The molecule has 178 valence electrons. The third-order valence-corrected chi connectivity index (χ3v) is 11.0. The number of aliphatic hydroxyl groups is 2. The first kappa shape index (κ1) is 23.8. The maximum Gasteiger partial charge on any atom is 0.141 e. The van der Waals surface area contributed by atoms with E-state index in [2.05, 4.69) is 38.2 Å². The van der Waals surface area contributed by atoms with E-state index in [0.29, 0.717) is 17.8 Å². The monoisotopic (exact) mass is 454 g/mol. The van der Waals surface area contributed by atoms with Crippen LogP contribution in [0.4, 0.5) is 0 Å². The van der Waals surface area contributed by atoms with Gasteiger partial charge in [0.05, 0.1) is 17.4 Å². The average molecular weight is 455 g/mol. The van der Waals surface area contributed by atoms with Gasteiger partial charge in [-0.2, -0.15) is 0 Å². The summed E-state index contributed by atoms with van der Waals surface area (Å²) < 4.78 is 0. The molecule has 1 heterocycles. The van der Waals surface area contributed by atoms with Crippen molar-refractivity contribution >= 4 is 18.1 Å². The molecule has 5 aliphatic rings. The SMILES string of the molecule is CC1(C)/C(=N\O[C@@H]2CCNC2)CC[C@]2(C)[C@H]3CC[C@]4(C)[C@@H](O)CC[C@H]4[C@@H]3CC[C@@]12O.Cl. The van der Waals surface area contributed by atoms with Crippen molar-refractivity contribution in [2.45, 2.75) is 103 Å². The normalized spacial score (nSPS) is 52.1. The minimum absolute atomic E-state index is 0. The van der Waals surface area contributed by atoms with E-state index in [1.54, 1.807) is 0 Å². The molecule has 0 aromatic rings. The third-order valence-electron chi connectivity index (χ3n) is 11.0. The Kier molecular flexibility index (Phi) is 6.03. The maximum atomic E-state index is 12.3. The fraction of sp³-hybridized carbons (Fsp3) is 0.960. The topological polar surface area (TPSA) is 74.1 Å². The molecule has 4 aliphatic carbocycles. The molecule has 0 aromatic heterocycles. The van der Waals surface area contributed by atoms with Gasteiger partial charge in [0.15, 0.2) is 0 Å². The van der Waals surface area contributed by atoms with Crippen LogP contribution in [0.1, 0.15) is 85.5 Å². The largest absolute Gasteiger partial charge is 0.393 e. The minimum atomic E-state index is -0.750. The molecule has 8 atom stereocenters. The van der Waals surface area contributed by atoms with Crippen molar-refractivity contribution in [3.8, 4) is 0 Å². The third kappa shape index (κ3) is 3.16. The Hall–Kier alpha value is -0.360. The first-order valence-corrected chi connectivity index (χ1v) is 12.5. The Labute approximate surface area is 194 Å². The molecule has 1 aliphatic heterocycles. The van der Waals surface area contributed by atoms with E-state index in [1.165, 1.54) is 0 Å². The van der Waals surface area contributed by atoms with Crippen LogP contribution >= 0.6 is 12.4 Å². The molecule has 0 amide bonds. The molecule has 0 aromatic carbocycles. The van der Waals surface area contributed by atoms with Crippen molar-refractivity contribution in [2.75, 3.05) is 13.1 Å². The summed E-state index contributed by atoms with van der Waals surface area (Å²) in [6.07, 6.45) is 9.22. The quantitative estimate of drug-likeness (QED) is 0.544. The summed E-state index contributed by atoms with van der Waals surface area (Å²) in [5.74, 6) is 1.80. The van der Waals surface area contributed by atoms with Crippen LogP contribution in [0, 0.1) is 34.0 Å². The Morgan fingerprint density at radius 1 is 0.968 bits per heavy atom. The van der Waals surface area contributed by atoms with E-state index in [4.69, 9.17) is 4.84 Å². The molecule has 5 rings (SSSR count). The van der Waals surface area contributed by atoms with Crippen LogP contribution in [0.2, 0.25) is 0 Å². The van der Waals surface area contributed by atoms with Gasteiger partial charge in [-0.15, -0.1) is 12.4 Å². The molecular weight excluding hydrogens is 412 g/mol. The van der Waals surface area contributed by atoms with Crippen molar-refractivity contribution in [3.05, 3.63) is 0 Å². The molecule has 0 bridgehead atoms. The summed E-state index contributed by atoms with van der Waals surface area (Å²) in [6, 6.07) is 0. The lowest BCUT2D eigenvalue weighted by molar-refractivity contribution is -0.230. The second kappa shape index (κ2) is 7.85. The predicted molar refractivity (Wildman–Crippen MR) is 125 cm³/mol. The van der Waals surface area contributed by atoms with Crippen LogP contribution in [0.25, 0.3) is 0 Å². The van der Waals surface area contributed by atoms with Crippen LogP contribution in [0.15, 0.2) is 5.16 Å². The molecule has 4 saturated carbocycles. The van der Waals surface area contributed by atoms with Crippen molar-refractivity contribution in [1.29, 1.82) is 0 Å². The molecule has 0 unspecified atom stereocenters. The van der Waals surface area contributed by atoms with Crippen molar-refractivity contribution in [3.63, 3.8) is 0 Å². The van der Waals surface area contributed by atoms with Gasteiger partial charge in [0.2, 0.25) is 0 Å².